The highest BCUT2D eigenvalue weighted by molar-refractivity contribution is 7.91. The van der Waals surface area contributed by atoms with Gasteiger partial charge in [-0.25, -0.2) is 18.0 Å². The van der Waals surface area contributed by atoms with Gasteiger partial charge in [-0.1, -0.05) is 73.2 Å². The Morgan fingerprint density at radius 3 is 1.43 bits per heavy atom. The Morgan fingerprint density at radius 2 is 1.09 bits per heavy atom. The smallest absolute Gasteiger partial charge is 0.333 e. The first-order valence-electron chi connectivity index (χ1n) is 15.1. The Kier molecular flexibility index (Phi) is 15.6. The molecule has 0 bridgehead atoms. The van der Waals surface area contributed by atoms with E-state index in [-0.39, 0.29) is 42.9 Å². The van der Waals surface area contributed by atoms with E-state index >= 15 is 0 Å². The van der Waals surface area contributed by atoms with Gasteiger partial charge < -0.3 is 34.1 Å². The minimum Gasteiger partial charge on any atom is -0.479 e. The van der Waals surface area contributed by atoms with Crippen molar-refractivity contribution in [3.8, 4) is 0 Å². The number of aliphatic carboxylic acids is 2. The molecule has 0 amide bonds. The van der Waals surface area contributed by atoms with Gasteiger partial charge in [0.15, 0.2) is 34.6 Å². The van der Waals surface area contributed by atoms with Crippen molar-refractivity contribution in [2.24, 2.45) is 35.5 Å². The van der Waals surface area contributed by atoms with Crippen LogP contribution in [-0.2, 0) is 38.4 Å². The van der Waals surface area contributed by atoms with E-state index in [4.69, 9.17) is 29.2 Å². The van der Waals surface area contributed by atoms with Crippen LogP contribution in [0.1, 0.15) is 49.0 Å². The molecule has 0 radical (unpaired) electrons. The van der Waals surface area contributed by atoms with Crippen molar-refractivity contribution >= 4 is 38.2 Å². The molecule has 46 heavy (non-hydrogen) atoms. The normalized spacial score (nSPS) is 30.8. The maximum absolute atomic E-state index is 11.7. The van der Waals surface area contributed by atoms with E-state index < -0.39 is 46.6 Å². The average molecular weight is 670 g/mol. The zero-order valence-electron chi connectivity index (χ0n) is 28.3. The van der Waals surface area contributed by atoms with Gasteiger partial charge in [0.05, 0.1) is 4.90 Å². The van der Waals surface area contributed by atoms with Crippen molar-refractivity contribution in [2.75, 3.05) is 39.5 Å². The van der Waals surface area contributed by atoms with Gasteiger partial charge in [0.1, 0.15) is 0 Å². The molecule has 262 valence electrons. The molecule has 2 aliphatic heterocycles. The molecule has 0 saturated carbocycles. The summed E-state index contributed by atoms with van der Waals surface area (Å²) in [5.41, 5.74) is 1.02. The monoisotopic (exact) mass is 669 g/mol. The first-order chi connectivity index (χ1) is 20.9. The molecule has 11 nitrogen and oxygen atoms in total. The van der Waals surface area contributed by atoms with Gasteiger partial charge in [0.25, 0.3) is 0 Å². The molecule has 0 aliphatic carbocycles. The van der Waals surface area contributed by atoms with E-state index in [0.717, 1.165) is 16.5 Å². The summed E-state index contributed by atoms with van der Waals surface area (Å²) in [5, 5.41) is 19.6. The molecule has 4 unspecified atom stereocenters. The molecule has 12 heteroatoms. The predicted octanol–water partition coefficient (Wildman–Crippen LogP) is 5.65. The van der Waals surface area contributed by atoms with Crippen LogP contribution in [0.3, 0.4) is 0 Å². The summed E-state index contributed by atoms with van der Waals surface area (Å²) >= 11 is 0. The maximum atomic E-state index is 11.7. The van der Waals surface area contributed by atoms with E-state index in [0.29, 0.717) is 4.90 Å². The summed E-state index contributed by atoms with van der Waals surface area (Å²) in [4.78, 5) is 24.2. The van der Waals surface area contributed by atoms with E-state index in [9.17, 15) is 18.0 Å². The number of ether oxygens (including phenoxy) is 4. The number of carboxylic acid groups (broad SMARTS) is 2. The first-order valence-corrected chi connectivity index (χ1v) is 17.0. The highest BCUT2D eigenvalue weighted by Crippen LogP contribution is 2.36. The van der Waals surface area contributed by atoms with Crippen LogP contribution in [0.5, 0.6) is 0 Å². The van der Waals surface area contributed by atoms with E-state index in [1.807, 2.05) is 84.8 Å². The van der Waals surface area contributed by atoms with Crippen LogP contribution < -0.4 is 4.90 Å². The third-order valence-electron chi connectivity index (χ3n) is 9.38. The van der Waals surface area contributed by atoms with Gasteiger partial charge in [0, 0.05) is 62.9 Å². The molecule has 2 fully saturated rings. The van der Waals surface area contributed by atoms with Crippen molar-refractivity contribution in [1.82, 2.24) is 0 Å². The molecule has 4 rings (SSSR count). The standard InChI is InChI=1S/C13H15NO2S.2C10H18O4.CH4/c1-14(2)12-8-4-7-11-10(12)6-5-9-13(11)17(3,15)16;2*1-5-6(2)8(9(11)12)14-10(13-4)7(5)3;/h4-9H,1-3H3;2*5-8,10H,1-4H3,(H,11,12);1H4/t;2*5-,6-,7?,8?,10-;/m.11./s1. The number of fused-ring (bicyclic) bond motifs is 1. The average Bonchev–Trinajstić information content (AvgIpc) is 2.98. The fourth-order valence-corrected chi connectivity index (χ4v) is 6.78. The van der Waals surface area contributed by atoms with Gasteiger partial charge in [-0.2, -0.15) is 0 Å². The molecule has 2 aliphatic rings. The molecule has 2 saturated heterocycles. The van der Waals surface area contributed by atoms with Crippen LogP contribution >= 0.6 is 0 Å². The van der Waals surface area contributed by atoms with E-state index in [1.165, 1.54) is 6.26 Å². The van der Waals surface area contributed by atoms with Crippen LogP contribution in [-0.4, -0.2) is 89.9 Å². The van der Waals surface area contributed by atoms with Crippen molar-refractivity contribution < 1.29 is 47.2 Å². The SMILES string of the molecule is C.CN(C)c1cccc2c(S(C)(=O)=O)cccc12.CO[C@@H]1OC(C(=O)O)[C@H](C)[C@@H](C)C1C.CO[C@@H]1OC(C(=O)O)[C@H](C)[C@@H](C)C1C. The number of rotatable bonds is 6. The molecule has 0 aromatic heterocycles. The quantitative estimate of drug-likeness (QED) is 0.393. The third-order valence-corrected chi connectivity index (χ3v) is 10.5. The molecule has 2 N–H and O–H groups in total. The zero-order valence-corrected chi connectivity index (χ0v) is 29.1. The number of carbonyl (C=O) groups is 2. The predicted molar refractivity (Wildman–Crippen MR) is 180 cm³/mol. The highest BCUT2D eigenvalue weighted by atomic mass is 32.2. The number of nitrogens with zero attached hydrogens (tertiary/aromatic N) is 1. The lowest BCUT2D eigenvalue weighted by Gasteiger charge is -2.41. The lowest BCUT2D eigenvalue weighted by atomic mass is 9.79. The molecule has 2 heterocycles. The van der Waals surface area contributed by atoms with Crippen molar-refractivity contribution in [2.45, 2.75) is 78.7 Å². The number of sulfone groups is 1. The first kappa shape index (κ1) is 41.3. The lowest BCUT2D eigenvalue weighted by Crippen LogP contribution is -2.48. The van der Waals surface area contributed by atoms with Crippen molar-refractivity contribution in [3.63, 3.8) is 0 Å². The number of carboxylic acids is 2. The van der Waals surface area contributed by atoms with Gasteiger partial charge in [-0.15, -0.1) is 0 Å². The summed E-state index contributed by atoms with van der Waals surface area (Å²) in [7, 11) is 3.79. The fraction of sp³-hybridized carbons (Fsp3) is 0.647. The number of methoxy groups -OCH3 is 2. The Morgan fingerprint density at radius 1 is 0.696 bits per heavy atom. The highest BCUT2D eigenvalue weighted by Gasteiger charge is 2.43. The van der Waals surface area contributed by atoms with Crippen molar-refractivity contribution in [3.05, 3.63) is 36.4 Å². The van der Waals surface area contributed by atoms with Crippen LogP contribution in [0.25, 0.3) is 10.8 Å². The minimum absolute atomic E-state index is 0. The van der Waals surface area contributed by atoms with Gasteiger partial charge >= 0.3 is 11.9 Å². The number of hydrogen-bond donors (Lipinski definition) is 2. The molecule has 2 aromatic carbocycles. The summed E-state index contributed by atoms with van der Waals surface area (Å²) < 4.78 is 44.4. The third kappa shape index (κ3) is 9.63. The lowest BCUT2D eigenvalue weighted by molar-refractivity contribution is -0.240. The number of benzene rings is 2. The number of anilines is 1. The van der Waals surface area contributed by atoms with Crippen molar-refractivity contribution in [1.29, 1.82) is 0 Å². The van der Waals surface area contributed by atoms with Gasteiger partial charge in [-0.05, 0) is 35.8 Å². The second kappa shape index (κ2) is 17.4. The van der Waals surface area contributed by atoms with Crippen LogP contribution in [0.4, 0.5) is 5.69 Å². The maximum Gasteiger partial charge on any atom is 0.333 e. The largest absolute Gasteiger partial charge is 0.479 e. The Hall–Kier alpha value is -2.77. The van der Waals surface area contributed by atoms with E-state index in [1.54, 1.807) is 26.4 Å². The molecule has 10 atom stereocenters. The molecular weight excluding hydrogens is 614 g/mol. The van der Waals surface area contributed by atoms with E-state index in [2.05, 4.69) is 0 Å². The zero-order chi connectivity index (χ0) is 34.4. The summed E-state index contributed by atoms with van der Waals surface area (Å²) in [6, 6.07) is 11.1. The summed E-state index contributed by atoms with van der Waals surface area (Å²) in [5.74, 6) is -0.736. The van der Waals surface area contributed by atoms with Gasteiger partial charge in [-0.3, -0.25) is 0 Å². The van der Waals surface area contributed by atoms with Crippen LogP contribution in [0, 0.1) is 35.5 Å². The Balaban J connectivity index is 0.000000344. The summed E-state index contributed by atoms with van der Waals surface area (Å²) in [6.45, 7) is 11.9. The second-order valence-electron chi connectivity index (χ2n) is 12.4. The van der Waals surface area contributed by atoms with Gasteiger partial charge in [0.2, 0.25) is 0 Å². The topological polar surface area (TPSA) is 149 Å². The molecule has 0 spiro atoms. The molecular formula is C34H55NO10S. The minimum atomic E-state index is -3.19. The summed E-state index contributed by atoms with van der Waals surface area (Å²) in [6.07, 6.45) is -1.05. The fourth-order valence-electron chi connectivity index (χ4n) is 5.87. The van der Waals surface area contributed by atoms with Crippen LogP contribution in [0.15, 0.2) is 41.3 Å². The Labute approximate surface area is 275 Å². The second-order valence-corrected chi connectivity index (χ2v) is 14.4. The molecule has 2 aromatic rings. The van der Waals surface area contributed by atoms with Crippen LogP contribution in [0.2, 0.25) is 0 Å². The number of hydrogen-bond acceptors (Lipinski definition) is 9. The Bertz CT molecular complexity index is 1350.